The monoisotopic (exact) mass is 343 g/mol. The molecular formula is C14H12BrF2NO2. The third kappa shape index (κ3) is 3.60. The molecule has 0 atom stereocenters. The van der Waals surface area contributed by atoms with Crippen LogP contribution in [0, 0.1) is 0 Å². The van der Waals surface area contributed by atoms with Gasteiger partial charge in [-0.05, 0) is 40.2 Å². The van der Waals surface area contributed by atoms with Crippen LogP contribution >= 0.6 is 15.9 Å². The van der Waals surface area contributed by atoms with Gasteiger partial charge in [-0.3, -0.25) is 0 Å². The van der Waals surface area contributed by atoms with Gasteiger partial charge in [-0.25, -0.2) is 0 Å². The first-order chi connectivity index (χ1) is 9.60. The van der Waals surface area contributed by atoms with Gasteiger partial charge in [0, 0.05) is 17.6 Å². The molecule has 0 fully saturated rings. The second kappa shape index (κ2) is 6.56. The Morgan fingerprint density at radius 1 is 1.10 bits per heavy atom. The molecule has 2 aromatic rings. The van der Waals surface area contributed by atoms with Crippen molar-refractivity contribution < 1.29 is 18.3 Å². The summed E-state index contributed by atoms with van der Waals surface area (Å²) < 4.78 is 35.2. The zero-order valence-corrected chi connectivity index (χ0v) is 12.2. The summed E-state index contributed by atoms with van der Waals surface area (Å²) in [4.78, 5) is 0. The molecule has 0 amide bonds. The van der Waals surface area contributed by atoms with E-state index in [-0.39, 0.29) is 5.75 Å². The first-order valence-corrected chi connectivity index (χ1v) is 6.58. The maximum absolute atomic E-state index is 12.2. The zero-order chi connectivity index (χ0) is 14.5. The second-order valence-electron chi connectivity index (χ2n) is 3.82. The van der Waals surface area contributed by atoms with Gasteiger partial charge < -0.3 is 14.8 Å². The van der Waals surface area contributed by atoms with Crippen LogP contribution in [0.25, 0.3) is 0 Å². The highest BCUT2D eigenvalue weighted by atomic mass is 79.9. The van der Waals surface area contributed by atoms with Crippen LogP contribution < -0.4 is 14.8 Å². The molecule has 0 aliphatic carbocycles. The van der Waals surface area contributed by atoms with Crippen molar-refractivity contribution in [3.8, 4) is 17.2 Å². The lowest BCUT2D eigenvalue weighted by molar-refractivity contribution is -0.0499. The van der Waals surface area contributed by atoms with Crippen molar-refractivity contribution in [1.82, 2.24) is 0 Å². The van der Waals surface area contributed by atoms with Gasteiger partial charge in [0.1, 0.15) is 11.5 Å². The number of halogens is 3. The van der Waals surface area contributed by atoms with E-state index in [1.54, 1.807) is 25.2 Å². The van der Waals surface area contributed by atoms with Crippen LogP contribution in [0.4, 0.5) is 14.5 Å². The summed E-state index contributed by atoms with van der Waals surface area (Å²) in [5, 5.41) is 3.01. The number of alkyl halides is 2. The molecule has 0 saturated carbocycles. The highest BCUT2D eigenvalue weighted by Crippen LogP contribution is 2.35. The Balaban J connectivity index is 2.24. The van der Waals surface area contributed by atoms with Crippen LogP contribution in [0.3, 0.4) is 0 Å². The zero-order valence-electron chi connectivity index (χ0n) is 10.6. The van der Waals surface area contributed by atoms with E-state index in [0.717, 1.165) is 10.2 Å². The Hall–Kier alpha value is -1.82. The Labute approximate surface area is 123 Å². The highest BCUT2D eigenvalue weighted by molar-refractivity contribution is 9.10. The molecule has 0 aliphatic rings. The molecule has 0 saturated heterocycles. The highest BCUT2D eigenvalue weighted by Gasteiger charge is 2.09. The Bertz CT molecular complexity index is 593. The van der Waals surface area contributed by atoms with Crippen molar-refractivity contribution in [1.29, 1.82) is 0 Å². The standard InChI is InChI=1S/C14H12BrF2NO2/c1-18-13-11(15)6-3-7-12(13)19-9-4-2-5-10(8-9)20-14(16)17/h2-8,14,18H,1H3. The molecule has 0 aromatic heterocycles. The molecule has 1 N–H and O–H groups in total. The van der Waals surface area contributed by atoms with Crippen LogP contribution in [0.15, 0.2) is 46.9 Å². The molecule has 0 spiro atoms. The number of hydrogen-bond donors (Lipinski definition) is 1. The minimum atomic E-state index is -2.86. The van der Waals surface area contributed by atoms with E-state index in [1.165, 1.54) is 12.1 Å². The summed E-state index contributed by atoms with van der Waals surface area (Å²) in [6.07, 6.45) is 0. The maximum Gasteiger partial charge on any atom is 0.387 e. The molecule has 2 rings (SSSR count). The number of anilines is 1. The molecule has 0 unspecified atom stereocenters. The van der Waals surface area contributed by atoms with Crippen molar-refractivity contribution in [2.24, 2.45) is 0 Å². The van der Waals surface area contributed by atoms with Crippen LogP contribution in [0.5, 0.6) is 17.2 Å². The lowest BCUT2D eigenvalue weighted by Crippen LogP contribution is -2.01. The predicted molar refractivity (Wildman–Crippen MR) is 76.8 cm³/mol. The fourth-order valence-electron chi connectivity index (χ4n) is 1.67. The summed E-state index contributed by atoms with van der Waals surface area (Å²) in [6, 6.07) is 11.6. The second-order valence-corrected chi connectivity index (χ2v) is 4.67. The number of benzene rings is 2. The molecule has 0 heterocycles. The number of para-hydroxylation sites is 1. The summed E-state index contributed by atoms with van der Waals surface area (Å²) in [6.45, 7) is -2.86. The van der Waals surface area contributed by atoms with E-state index in [2.05, 4.69) is 26.0 Å². The number of ether oxygens (including phenoxy) is 2. The fourth-order valence-corrected chi connectivity index (χ4v) is 2.22. The average molecular weight is 344 g/mol. The van der Waals surface area contributed by atoms with Crippen LogP contribution in [0.1, 0.15) is 0 Å². The molecular weight excluding hydrogens is 332 g/mol. The summed E-state index contributed by atoms with van der Waals surface area (Å²) in [7, 11) is 1.77. The van der Waals surface area contributed by atoms with E-state index >= 15 is 0 Å². The lowest BCUT2D eigenvalue weighted by atomic mass is 10.3. The maximum atomic E-state index is 12.2. The van der Waals surface area contributed by atoms with Gasteiger partial charge in [-0.2, -0.15) is 8.78 Å². The minimum absolute atomic E-state index is 0.0542. The SMILES string of the molecule is CNc1c(Br)cccc1Oc1cccc(OC(F)F)c1. The van der Waals surface area contributed by atoms with E-state index < -0.39 is 6.61 Å². The van der Waals surface area contributed by atoms with Crippen molar-refractivity contribution >= 4 is 21.6 Å². The van der Waals surface area contributed by atoms with E-state index in [4.69, 9.17) is 4.74 Å². The smallest absolute Gasteiger partial charge is 0.387 e. The van der Waals surface area contributed by atoms with Crippen molar-refractivity contribution in [2.45, 2.75) is 6.61 Å². The quantitative estimate of drug-likeness (QED) is 0.838. The number of hydrogen-bond acceptors (Lipinski definition) is 3. The molecule has 106 valence electrons. The topological polar surface area (TPSA) is 30.5 Å². The molecule has 6 heteroatoms. The van der Waals surface area contributed by atoms with Gasteiger partial charge in [0.25, 0.3) is 0 Å². The largest absolute Gasteiger partial charge is 0.455 e. The normalized spacial score (nSPS) is 10.4. The summed E-state index contributed by atoms with van der Waals surface area (Å²) in [5.74, 6) is 1.05. The fraction of sp³-hybridized carbons (Fsp3) is 0.143. The van der Waals surface area contributed by atoms with Gasteiger partial charge >= 0.3 is 6.61 Å². The third-order valence-electron chi connectivity index (χ3n) is 2.48. The summed E-state index contributed by atoms with van der Waals surface area (Å²) in [5.41, 5.74) is 0.771. The first kappa shape index (κ1) is 14.6. The van der Waals surface area contributed by atoms with Crippen LogP contribution in [0.2, 0.25) is 0 Å². The van der Waals surface area contributed by atoms with E-state index in [0.29, 0.717) is 11.5 Å². The van der Waals surface area contributed by atoms with E-state index in [9.17, 15) is 8.78 Å². The Morgan fingerprint density at radius 3 is 2.50 bits per heavy atom. The first-order valence-electron chi connectivity index (χ1n) is 5.79. The summed E-state index contributed by atoms with van der Waals surface area (Å²) >= 11 is 3.40. The minimum Gasteiger partial charge on any atom is -0.455 e. The van der Waals surface area contributed by atoms with E-state index in [1.807, 2.05) is 12.1 Å². The number of rotatable bonds is 5. The molecule has 2 aromatic carbocycles. The van der Waals surface area contributed by atoms with Crippen molar-refractivity contribution in [3.05, 3.63) is 46.9 Å². The van der Waals surface area contributed by atoms with Crippen molar-refractivity contribution in [2.75, 3.05) is 12.4 Å². The van der Waals surface area contributed by atoms with Gasteiger partial charge in [0.15, 0.2) is 5.75 Å². The Kier molecular flexibility index (Phi) is 4.79. The molecule has 0 aliphatic heterocycles. The third-order valence-corrected chi connectivity index (χ3v) is 3.14. The van der Waals surface area contributed by atoms with Crippen LogP contribution in [-0.2, 0) is 0 Å². The van der Waals surface area contributed by atoms with Crippen molar-refractivity contribution in [3.63, 3.8) is 0 Å². The molecule has 0 bridgehead atoms. The lowest BCUT2D eigenvalue weighted by Gasteiger charge is -2.13. The van der Waals surface area contributed by atoms with Gasteiger partial charge in [-0.1, -0.05) is 12.1 Å². The average Bonchev–Trinajstić information content (AvgIpc) is 2.38. The van der Waals surface area contributed by atoms with Gasteiger partial charge in [0.05, 0.1) is 5.69 Å². The Morgan fingerprint density at radius 2 is 1.80 bits per heavy atom. The predicted octanol–water partition coefficient (Wildman–Crippen LogP) is 4.88. The molecule has 0 radical (unpaired) electrons. The van der Waals surface area contributed by atoms with Crippen LogP contribution in [-0.4, -0.2) is 13.7 Å². The molecule has 20 heavy (non-hydrogen) atoms. The number of nitrogens with one attached hydrogen (secondary N) is 1. The van der Waals surface area contributed by atoms with Gasteiger partial charge in [-0.15, -0.1) is 0 Å². The van der Waals surface area contributed by atoms with Gasteiger partial charge in [0.2, 0.25) is 0 Å². The molecule has 3 nitrogen and oxygen atoms in total.